The maximum atomic E-state index is 12.2. The van der Waals surface area contributed by atoms with Crippen molar-refractivity contribution >= 4 is 17.7 Å². The van der Waals surface area contributed by atoms with Crippen molar-refractivity contribution in [3.05, 3.63) is 70.3 Å². The largest absolute Gasteiger partial charge is 0.368 e. The van der Waals surface area contributed by atoms with Gasteiger partial charge in [0.1, 0.15) is 0 Å². The van der Waals surface area contributed by atoms with Gasteiger partial charge in [-0.05, 0) is 54.8 Å². The van der Waals surface area contributed by atoms with Crippen LogP contribution in [-0.4, -0.2) is 24.3 Å². The van der Waals surface area contributed by atoms with Crippen LogP contribution in [-0.2, 0) is 11.3 Å². The molecule has 0 radical (unpaired) electrons. The van der Waals surface area contributed by atoms with E-state index in [9.17, 15) is 14.4 Å². The average Bonchev–Trinajstić information content (AvgIpc) is 2.60. The van der Waals surface area contributed by atoms with Crippen LogP contribution in [0.4, 0.5) is 0 Å². The molecule has 2 rings (SSSR count). The van der Waals surface area contributed by atoms with Gasteiger partial charge in [0.25, 0.3) is 11.8 Å². The molecule has 130 valence electrons. The first kappa shape index (κ1) is 18.2. The highest BCUT2D eigenvalue weighted by atomic mass is 16.2. The van der Waals surface area contributed by atoms with Gasteiger partial charge in [-0.2, -0.15) is 0 Å². The molecule has 0 unspecified atom stereocenters. The maximum Gasteiger partial charge on any atom is 0.251 e. The van der Waals surface area contributed by atoms with Gasteiger partial charge in [-0.15, -0.1) is 0 Å². The molecule has 0 aliphatic rings. The number of hydrogen-bond donors (Lipinski definition) is 3. The van der Waals surface area contributed by atoms with Gasteiger partial charge in [0.15, 0.2) is 0 Å². The van der Waals surface area contributed by atoms with Gasteiger partial charge in [0, 0.05) is 17.7 Å². The molecule has 25 heavy (non-hydrogen) atoms. The van der Waals surface area contributed by atoms with E-state index in [4.69, 9.17) is 5.73 Å². The smallest absolute Gasteiger partial charge is 0.251 e. The molecule has 2 aromatic carbocycles. The van der Waals surface area contributed by atoms with Crippen molar-refractivity contribution in [3.8, 4) is 0 Å². The van der Waals surface area contributed by atoms with Crippen LogP contribution in [0.25, 0.3) is 0 Å². The Kier molecular flexibility index (Phi) is 5.89. The number of aryl methyl sites for hydroxylation is 2. The Balaban J connectivity index is 1.92. The molecule has 0 saturated carbocycles. The van der Waals surface area contributed by atoms with Crippen molar-refractivity contribution in [3.63, 3.8) is 0 Å². The zero-order chi connectivity index (χ0) is 18.4. The Hall–Kier alpha value is -3.15. The van der Waals surface area contributed by atoms with Crippen LogP contribution in [0, 0.1) is 13.8 Å². The quantitative estimate of drug-likeness (QED) is 0.742. The second kappa shape index (κ2) is 8.10. The van der Waals surface area contributed by atoms with E-state index in [1.807, 2.05) is 26.0 Å². The van der Waals surface area contributed by atoms with Crippen LogP contribution in [0.15, 0.2) is 42.5 Å². The molecule has 0 heterocycles. The predicted octanol–water partition coefficient (Wildman–Crippen LogP) is 1.45. The standard InChI is InChI=1S/C19H21N3O3/c1-12-3-6-16(9-13(12)2)19(25)21-10-14-4-7-15(8-5-14)18(24)22-11-17(20)23/h3-9H,10-11H2,1-2H3,(H2,20,23)(H,21,25)(H,22,24). The lowest BCUT2D eigenvalue weighted by atomic mass is 10.1. The predicted molar refractivity (Wildman–Crippen MR) is 95.1 cm³/mol. The molecule has 0 aliphatic heterocycles. The van der Waals surface area contributed by atoms with Crippen molar-refractivity contribution in [2.24, 2.45) is 5.73 Å². The summed E-state index contributed by atoms with van der Waals surface area (Å²) >= 11 is 0. The molecule has 3 amide bonds. The molecule has 6 nitrogen and oxygen atoms in total. The highest BCUT2D eigenvalue weighted by molar-refractivity contribution is 5.96. The number of benzene rings is 2. The number of nitrogens with two attached hydrogens (primary N) is 1. The number of nitrogens with one attached hydrogen (secondary N) is 2. The Morgan fingerprint density at radius 3 is 2.04 bits per heavy atom. The van der Waals surface area contributed by atoms with Gasteiger partial charge in [-0.25, -0.2) is 0 Å². The number of amides is 3. The van der Waals surface area contributed by atoms with E-state index in [1.165, 1.54) is 0 Å². The van der Waals surface area contributed by atoms with Crippen LogP contribution in [0.3, 0.4) is 0 Å². The summed E-state index contributed by atoms with van der Waals surface area (Å²) in [6, 6.07) is 12.3. The maximum absolute atomic E-state index is 12.2. The summed E-state index contributed by atoms with van der Waals surface area (Å²) in [6.07, 6.45) is 0. The minimum absolute atomic E-state index is 0.147. The highest BCUT2D eigenvalue weighted by Gasteiger charge is 2.08. The van der Waals surface area contributed by atoms with E-state index in [1.54, 1.807) is 30.3 Å². The number of carbonyl (C=O) groups excluding carboxylic acids is 3. The number of hydrogen-bond acceptors (Lipinski definition) is 3. The minimum atomic E-state index is -0.598. The molecular weight excluding hydrogens is 318 g/mol. The SMILES string of the molecule is Cc1ccc(C(=O)NCc2ccc(C(=O)NCC(N)=O)cc2)cc1C. The van der Waals surface area contributed by atoms with Gasteiger partial charge in [0.05, 0.1) is 6.54 Å². The summed E-state index contributed by atoms with van der Waals surface area (Å²) < 4.78 is 0. The Labute approximate surface area is 146 Å². The van der Waals surface area contributed by atoms with Crippen LogP contribution < -0.4 is 16.4 Å². The Morgan fingerprint density at radius 1 is 0.840 bits per heavy atom. The molecule has 4 N–H and O–H groups in total. The normalized spacial score (nSPS) is 10.2. The number of rotatable bonds is 6. The molecule has 0 spiro atoms. The van der Waals surface area contributed by atoms with Crippen molar-refractivity contribution in [1.82, 2.24) is 10.6 Å². The monoisotopic (exact) mass is 339 g/mol. The van der Waals surface area contributed by atoms with E-state index in [2.05, 4.69) is 10.6 Å². The lowest BCUT2D eigenvalue weighted by Crippen LogP contribution is -2.33. The zero-order valence-corrected chi connectivity index (χ0v) is 14.3. The summed E-state index contributed by atoms with van der Waals surface area (Å²) in [5.74, 6) is -1.12. The number of primary amides is 1. The lowest BCUT2D eigenvalue weighted by molar-refractivity contribution is -0.117. The second-order valence-corrected chi connectivity index (χ2v) is 5.83. The highest BCUT2D eigenvalue weighted by Crippen LogP contribution is 2.10. The summed E-state index contributed by atoms with van der Waals surface area (Å²) in [7, 11) is 0. The first-order valence-corrected chi connectivity index (χ1v) is 7.87. The van der Waals surface area contributed by atoms with E-state index in [-0.39, 0.29) is 18.4 Å². The third kappa shape index (κ3) is 5.17. The molecule has 0 atom stereocenters. The van der Waals surface area contributed by atoms with Gasteiger partial charge >= 0.3 is 0 Å². The van der Waals surface area contributed by atoms with Gasteiger partial charge in [0.2, 0.25) is 5.91 Å². The summed E-state index contributed by atoms with van der Waals surface area (Å²) in [5.41, 5.74) is 9.09. The zero-order valence-electron chi connectivity index (χ0n) is 14.3. The molecule has 0 aromatic heterocycles. The van der Waals surface area contributed by atoms with Crippen LogP contribution in [0.2, 0.25) is 0 Å². The topological polar surface area (TPSA) is 101 Å². The van der Waals surface area contributed by atoms with Crippen LogP contribution >= 0.6 is 0 Å². The molecular formula is C19H21N3O3. The molecule has 0 fully saturated rings. The molecule has 0 aliphatic carbocycles. The second-order valence-electron chi connectivity index (χ2n) is 5.83. The first-order chi connectivity index (χ1) is 11.9. The fourth-order valence-electron chi connectivity index (χ4n) is 2.21. The Bertz CT molecular complexity index is 798. The van der Waals surface area contributed by atoms with Crippen molar-refractivity contribution in [2.75, 3.05) is 6.54 Å². The van der Waals surface area contributed by atoms with Gasteiger partial charge in [-0.1, -0.05) is 18.2 Å². The first-order valence-electron chi connectivity index (χ1n) is 7.87. The summed E-state index contributed by atoms with van der Waals surface area (Å²) in [5, 5.41) is 5.27. The van der Waals surface area contributed by atoms with Gasteiger partial charge < -0.3 is 16.4 Å². The molecule has 2 aromatic rings. The van der Waals surface area contributed by atoms with Crippen molar-refractivity contribution < 1.29 is 14.4 Å². The Morgan fingerprint density at radius 2 is 1.44 bits per heavy atom. The average molecular weight is 339 g/mol. The molecule has 0 saturated heterocycles. The van der Waals surface area contributed by atoms with Crippen LogP contribution in [0.5, 0.6) is 0 Å². The van der Waals surface area contributed by atoms with E-state index in [0.29, 0.717) is 17.7 Å². The van der Waals surface area contributed by atoms with E-state index >= 15 is 0 Å². The summed E-state index contributed by atoms with van der Waals surface area (Å²) in [4.78, 5) is 34.6. The van der Waals surface area contributed by atoms with Gasteiger partial charge in [-0.3, -0.25) is 14.4 Å². The van der Waals surface area contributed by atoms with Crippen molar-refractivity contribution in [1.29, 1.82) is 0 Å². The fourth-order valence-corrected chi connectivity index (χ4v) is 2.21. The molecule has 6 heteroatoms. The fraction of sp³-hybridized carbons (Fsp3) is 0.211. The lowest BCUT2D eigenvalue weighted by Gasteiger charge is -2.08. The van der Waals surface area contributed by atoms with E-state index < -0.39 is 5.91 Å². The third-order valence-corrected chi connectivity index (χ3v) is 3.86. The number of carbonyl (C=O) groups is 3. The van der Waals surface area contributed by atoms with E-state index in [0.717, 1.165) is 16.7 Å². The van der Waals surface area contributed by atoms with Crippen LogP contribution in [0.1, 0.15) is 37.4 Å². The summed E-state index contributed by atoms with van der Waals surface area (Å²) in [6.45, 7) is 4.12. The minimum Gasteiger partial charge on any atom is -0.368 e. The molecule has 0 bridgehead atoms. The third-order valence-electron chi connectivity index (χ3n) is 3.86. The van der Waals surface area contributed by atoms with Crippen molar-refractivity contribution in [2.45, 2.75) is 20.4 Å².